The standard InChI is InChI=1S/C7H4Cl2F3NO/c8-3-1-4(13-5(9)2-3)6(14)7(10,11)12/h1-2,6,14H. The molecule has 0 aromatic carbocycles. The molecule has 0 radical (unpaired) electrons. The average Bonchev–Trinajstić information content (AvgIpc) is 1.99. The number of aliphatic hydroxyl groups is 1. The van der Waals surface area contributed by atoms with Crippen molar-refractivity contribution in [1.29, 1.82) is 0 Å². The summed E-state index contributed by atoms with van der Waals surface area (Å²) in [6.07, 6.45) is -7.44. The van der Waals surface area contributed by atoms with Crippen molar-refractivity contribution >= 4 is 23.2 Å². The summed E-state index contributed by atoms with van der Waals surface area (Å²) in [4.78, 5) is 3.31. The third kappa shape index (κ3) is 2.73. The van der Waals surface area contributed by atoms with E-state index in [9.17, 15) is 13.2 Å². The van der Waals surface area contributed by atoms with Gasteiger partial charge in [-0.2, -0.15) is 13.2 Å². The summed E-state index contributed by atoms with van der Waals surface area (Å²) in [6, 6.07) is 2.08. The summed E-state index contributed by atoms with van der Waals surface area (Å²) in [7, 11) is 0. The van der Waals surface area contributed by atoms with Crippen LogP contribution >= 0.6 is 23.2 Å². The van der Waals surface area contributed by atoms with Crippen LogP contribution in [0.15, 0.2) is 12.1 Å². The molecule has 0 spiro atoms. The molecule has 78 valence electrons. The van der Waals surface area contributed by atoms with Crippen molar-refractivity contribution in [3.8, 4) is 0 Å². The van der Waals surface area contributed by atoms with Crippen LogP contribution in [-0.4, -0.2) is 16.3 Å². The zero-order valence-electron chi connectivity index (χ0n) is 6.52. The molecule has 1 rings (SSSR count). The minimum atomic E-state index is -4.78. The Balaban J connectivity index is 3.07. The van der Waals surface area contributed by atoms with Crippen molar-refractivity contribution in [2.24, 2.45) is 0 Å². The molecule has 1 heterocycles. The number of nitrogens with zero attached hydrogens (tertiary/aromatic N) is 1. The largest absolute Gasteiger partial charge is 0.420 e. The molecular formula is C7H4Cl2F3NO. The maximum atomic E-state index is 12.0. The lowest BCUT2D eigenvalue weighted by Crippen LogP contribution is -2.21. The van der Waals surface area contributed by atoms with E-state index >= 15 is 0 Å². The molecule has 0 saturated heterocycles. The lowest BCUT2D eigenvalue weighted by Gasteiger charge is -2.13. The second-order valence-corrected chi connectivity index (χ2v) is 3.30. The molecule has 14 heavy (non-hydrogen) atoms. The fraction of sp³-hybridized carbons (Fsp3) is 0.286. The lowest BCUT2D eigenvalue weighted by atomic mass is 10.2. The van der Waals surface area contributed by atoms with Crippen LogP contribution < -0.4 is 0 Å². The van der Waals surface area contributed by atoms with Gasteiger partial charge in [-0.1, -0.05) is 23.2 Å². The van der Waals surface area contributed by atoms with Crippen molar-refractivity contribution in [2.75, 3.05) is 0 Å². The second-order valence-electron chi connectivity index (χ2n) is 2.48. The van der Waals surface area contributed by atoms with E-state index in [1.165, 1.54) is 6.07 Å². The molecule has 0 aliphatic heterocycles. The quantitative estimate of drug-likeness (QED) is 0.772. The van der Waals surface area contributed by atoms with Crippen LogP contribution in [0.25, 0.3) is 0 Å². The molecule has 0 aliphatic carbocycles. The zero-order valence-corrected chi connectivity index (χ0v) is 8.03. The minimum absolute atomic E-state index is 0.0108. The van der Waals surface area contributed by atoms with Gasteiger partial charge in [-0.15, -0.1) is 0 Å². The number of aliphatic hydroxyl groups excluding tert-OH is 1. The highest BCUT2D eigenvalue weighted by molar-refractivity contribution is 6.33. The Morgan fingerprint density at radius 3 is 2.29 bits per heavy atom. The van der Waals surface area contributed by atoms with Gasteiger partial charge in [0, 0.05) is 5.02 Å². The Morgan fingerprint density at radius 1 is 1.29 bits per heavy atom. The van der Waals surface area contributed by atoms with Crippen LogP contribution in [0.4, 0.5) is 13.2 Å². The van der Waals surface area contributed by atoms with E-state index < -0.39 is 18.0 Å². The Kier molecular flexibility index (Phi) is 3.24. The van der Waals surface area contributed by atoms with Gasteiger partial charge in [0.15, 0.2) is 6.10 Å². The zero-order chi connectivity index (χ0) is 10.9. The molecule has 1 aromatic rings. The van der Waals surface area contributed by atoms with Crippen molar-refractivity contribution in [3.63, 3.8) is 0 Å². The van der Waals surface area contributed by atoms with Crippen molar-refractivity contribution in [3.05, 3.63) is 28.0 Å². The van der Waals surface area contributed by atoms with E-state index in [2.05, 4.69) is 4.98 Å². The van der Waals surface area contributed by atoms with Crippen LogP contribution in [0.5, 0.6) is 0 Å². The topological polar surface area (TPSA) is 33.1 Å². The third-order valence-electron chi connectivity index (χ3n) is 1.37. The van der Waals surface area contributed by atoms with Crippen molar-refractivity contribution in [2.45, 2.75) is 12.3 Å². The summed E-state index contributed by atoms with van der Waals surface area (Å²) in [5, 5.41) is 8.59. The number of pyridine rings is 1. The second kappa shape index (κ2) is 3.92. The molecular weight excluding hydrogens is 242 g/mol. The Morgan fingerprint density at radius 2 is 1.86 bits per heavy atom. The molecule has 0 aliphatic rings. The SMILES string of the molecule is OC(c1cc(Cl)cc(Cl)n1)C(F)(F)F. The van der Waals surface area contributed by atoms with Crippen LogP contribution in [0, 0.1) is 0 Å². The normalized spacial score (nSPS) is 14.1. The van der Waals surface area contributed by atoms with E-state index in [1.54, 1.807) is 0 Å². The average molecular weight is 246 g/mol. The summed E-state index contributed by atoms with van der Waals surface area (Å²) in [5.74, 6) is 0. The monoisotopic (exact) mass is 245 g/mol. The van der Waals surface area contributed by atoms with Gasteiger partial charge in [0.05, 0.1) is 5.69 Å². The van der Waals surface area contributed by atoms with E-state index in [-0.39, 0.29) is 10.2 Å². The highest BCUT2D eigenvalue weighted by atomic mass is 35.5. The number of alkyl halides is 3. The Bertz CT molecular complexity index is 322. The molecule has 1 atom stereocenters. The predicted molar refractivity (Wildman–Crippen MR) is 45.3 cm³/mol. The van der Waals surface area contributed by atoms with Gasteiger partial charge in [-0.05, 0) is 12.1 Å². The van der Waals surface area contributed by atoms with Crippen LogP contribution in [0.2, 0.25) is 10.2 Å². The Hall–Kier alpha value is -0.520. The lowest BCUT2D eigenvalue weighted by molar-refractivity contribution is -0.207. The van der Waals surface area contributed by atoms with Gasteiger partial charge < -0.3 is 5.11 Å². The molecule has 0 amide bonds. The maximum Gasteiger partial charge on any atom is 0.420 e. The maximum absolute atomic E-state index is 12.0. The van der Waals surface area contributed by atoms with E-state index in [0.29, 0.717) is 0 Å². The van der Waals surface area contributed by atoms with Gasteiger partial charge in [-0.3, -0.25) is 0 Å². The first-order valence-electron chi connectivity index (χ1n) is 3.38. The summed E-state index contributed by atoms with van der Waals surface area (Å²) >= 11 is 10.8. The van der Waals surface area contributed by atoms with Crippen LogP contribution in [-0.2, 0) is 0 Å². The highest BCUT2D eigenvalue weighted by Gasteiger charge is 2.40. The molecule has 0 fully saturated rings. The number of hydrogen-bond acceptors (Lipinski definition) is 2. The smallest absolute Gasteiger partial charge is 0.378 e. The number of rotatable bonds is 1. The van der Waals surface area contributed by atoms with E-state index in [1.807, 2.05) is 0 Å². The number of halogens is 5. The molecule has 7 heteroatoms. The minimum Gasteiger partial charge on any atom is -0.378 e. The van der Waals surface area contributed by atoms with Gasteiger partial charge in [-0.25, -0.2) is 4.98 Å². The summed E-state index contributed by atoms with van der Waals surface area (Å²) < 4.78 is 36.1. The molecule has 1 unspecified atom stereocenters. The van der Waals surface area contributed by atoms with Crippen LogP contribution in [0.3, 0.4) is 0 Å². The van der Waals surface area contributed by atoms with Gasteiger partial charge in [0.2, 0.25) is 0 Å². The van der Waals surface area contributed by atoms with E-state index in [0.717, 1.165) is 6.07 Å². The van der Waals surface area contributed by atoms with Crippen LogP contribution in [0.1, 0.15) is 11.8 Å². The number of aromatic nitrogens is 1. The first kappa shape index (κ1) is 11.6. The van der Waals surface area contributed by atoms with E-state index in [4.69, 9.17) is 28.3 Å². The molecule has 0 bridgehead atoms. The van der Waals surface area contributed by atoms with Crippen molar-refractivity contribution < 1.29 is 18.3 Å². The van der Waals surface area contributed by atoms with Crippen molar-refractivity contribution in [1.82, 2.24) is 4.98 Å². The predicted octanol–water partition coefficient (Wildman–Crippen LogP) is 2.98. The fourth-order valence-corrected chi connectivity index (χ4v) is 1.28. The molecule has 0 saturated carbocycles. The summed E-state index contributed by atoms with van der Waals surface area (Å²) in [6.45, 7) is 0. The number of hydrogen-bond donors (Lipinski definition) is 1. The third-order valence-corrected chi connectivity index (χ3v) is 1.78. The summed E-state index contributed by atoms with van der Waals surface area (Å²) in [5.41, 5.74) is -0.616. The van der Waals surface area contributed by atoms with Gasteiger partial charge in [0.1, 0.15) is 5.15 Å². The Labute approximate surface area is 87.3 Å². The first-order valence-corrected chi connectivity index (χ1v) is 4.14. The fourth-order valence-electron chi connectivity index (χ4n) is 0.792. The molecule has 1 aromatic heterocycles. The van der Waals surface area contributed by atoms with Gasteiger partial charge in [0.25, 0.3) is 0 Å². The van der Waals surface area contributed by atoms with Gasteiger partial charge >= 0.3 is 6.18 Å². The highest BCUT2D eigenvalue weighted by Crippen LogP contribution is 2.32. The molecule has 1 N–H and O–H groups in total. The first-order chi connectivity index (χ1) is 6.30. The molecule has 2 nitrogen and oxygen atoms in total.